The van der Waals surface area contributed by atoms with Crippen molar-refractivity contribution in [1.82, 2.24) is 10.2 Å². The summed E-state index contributed by atoms with van der Waals surface area (Å²) >= 11 is 0. The molecule has 3 heteroatoms. The summed E-state index contributed by atoms with van der Waals surface area (Å²) < 4.78 is 5.69. The SMILES string of the molecule is CCCNC(C1CCOC1)C(CC)(CC)N(CC)CC. The number of ether oxygens (including phenoxy) is 1. The molecule has 2 unspecified atom stereocenters. The normalized spacial score (nSPS) is 21.6. The van der Waals surface area contributed by atoms with Gasteiger partial charge in [0.25, 0.3) is 0 Å². The van der Waals surface area contributed by atoms with Gasteiger partial charge in [-0.2, -0.15) is 0 Å². The summed E-state index contributed by atoms with van der Waals surface area (Å²) in [4.78, 5) is 2.68. The summed E-state index contributed by atoms with van der Waals surface area (Å²) in [5, 5.41) is 3.88. The van der Waals surface area contributed by atoms with Gasteiger partial charge in [0.1, 0.15) is 0 Å². The van der Waals surface area contributed by atoms with Crippen LogP contribution in [0.1, 0.15) is 60.3 Å². The number of nitrogens with zero attached hydrogens (tertiary/aromatic N) is 1. The minimum absolute atomic E-state index is 0.275. The third-order valence-corrected chi connectivity index (χ3v) is 5.25. The van der Waals surface area contributed by atoms with E-state index in [9.17, 15) is 0 Å². The molecular formula is C17H36N2O. The average molecular weight is 284 g/mol. The Balaban J connectivity index is 3.00. The van der Waals surface area contributed by atoms with E-state index in [4.69, 9.17) is 4.74 Å². The van der Waals surface area contributed by atoms with Crippen LogP contribution < -0.4 is 5.32 Å². The second-order valence-electron chi connectivity index (χ2n) is 6.04. The van der Waals surface area contributed by atoms with Crippen molar-refractivity contribution in [2.75, 3.05) is 32.8 Å². The zero-order chi connectivity index (χ0) is 15.0. The smallest absolute Gasteiger partial charge is 0.0510 e. The van der Waals surface area contributed by atoms with E-state index in [0.717, 1.165) is 32.8 Å². The summed E-state index contributed by atoms with van der Waals surface area (Å²) in [6.07, 6.45) is 4.84. The molecule has 1 rings (SSSR count). The van der Waals surface area contributed by atoms with Crippen LogP contribution in [-0.4, -0.2) is 49.3 Å². The van der Waals surface area contributed by atoms with Crippen molar-refractivity contribution >= 4 is 0 Å². The highest BCUT2D eigenvalue weighted by Gasteiger charge is 2.44. The Hall–Kier alpha value is -0.120. The first-order valence-corrected chi connectivity index (χ1v) is 8.76. The Bertz CT molecular complexity index is 243. The van der Waals surface area contributed by atoms with Gasteiger partial charge in [0.2, 0.25) is 0 Å². The highest BCUT2D eigenvalue weighted by Crippen LogP contribution is 2.34. The van der Waals surface area contributed by atoms with E-state index in [1.165, 1.54) is 25.7 Å². The lowest BCUT2D eigenvalue weighted by atomic mass is 9.75. The molecule has 1 heterocycles. The van der Waals surface area contributed by atoms with E-state index in [1.54, 1.807) is 0 Å². The first-order chi connectivity index (χ1) is 9.69. The molecule has 20 heavy (non-hydrogen) atoms. The van der Waals surface area contributed by atoms with Crippen molar-refractivity contribution in [3.8, 4) is 0 Å². The monoisotopic (exact) mass is 284 g/mol. The van der Waals surface area contributed by atoms with E-state index in [2.05, 4.69) is 44.8 Å². The van der Waals surface area contributed by atoms with Gasteiger partial charge in [-0.1, -0.05) is 34.6 Å². The molecule has 0 aromatic carbocycles. The van der Waals surface area contributed by atoms with Crippen molar-refractivity contribution < 1.29 is 4.74 Å². The van der Waals surface area contributed by atoms with E-state index >= 15 is 0 Å². The minimum Gasteiger partial charge on any atom is -0.381 e. The van der Waals surface area contributed by atoms with Crippen molar-refractivity contribution in [2.24, 2.45) is 5.92 Å². The fraction of sp³-hybridized carbons (Fsp3) is 1.00. The first kappa shape index (κ1) is 17.9. The Morgan fingerprint density at radius 3 is 2.20 bits per heavy atom. The van der Waals surface area contributed by atoms with Crippen molar-refractivity contribution in [2.45, 2.75) is 71.9 Å². The minimum atomic E-state index is 0.275. The fourth-order valence-corrected chi connectivity index (χ4v) is 4.10. The standard InChI is InChI=1S/C17H36N2O/c1-6-12-18-16(15-11-13-20-14-15)17(7-2,8-3)19(9-4)10-5/h15-16,18H,6-14H2,1-5H3. The molecule has 2 atom stereocenters. The third-order valence-electron chi connectivity index (χ3n) is 5.25. The molecule has 0 radical (unpaired) electrons. The molecule has 1 saturated heterocycles. The summed E-state index contributed by atoms with van der Waals surface area (Å²) in [5.74, 6) is 0.669. The lowest BCUT2D eigenvalue weighted by Gasteiger charge is -2.50. The van der Waals surface area contributed by atoms with Gasteiger partial charge in [-0.05, 0) is 45.3 Å². The molecule has 0 bridgehead atoms. The van der Waals surface area contributed by atoms with E-state index < -0.39 is 0 Å². The number of hydrogen-bond donors (Lipinski definition) is 1. The number of hydrogen-bond acceptors (Lipinski definition) is 3. The molecule has 1 N–H and O–H groups in total. The number of rotatable bonds is 10. The summed E-state index contributed by atoms with van der Waals surface area (Å²) in [5.41, 5.74) is 0.275. The second-order valence-corrected chi connectivity index (χ2v) is 6.04. The highest BCUT2D eigenvalue weighted by atomic mass is 16.5. The van der Waals surface area contributed by atoms with Crippen LogP contribution in [0, 0.1) is 5.92 Å². The van der Waals surface area contributed by atoms with Crippen molar-refractivity contribution in [3.63, 3.8) is 0 Å². The zero-order valence-electron chi connectivity index (χ0n) is 14.4. The van der Waals surface area contributed by atoms with Gasteiger partial charge >= 0.3 is 0 Å². The van der Waals surface area contributed by atoms with E-state index in [0.29, 0.717) is 12.0 Å². The van der Waals surface area contributed by atoms with Gasteiger partial charge in [0.05, 0.1) is 6.61 Å². The quantitative estimate of drug-likeness (QED) is 0.666. The average Bonchev–Trinajstić information content (AvgIpc) is 3.00. The van der Waals surface area contributed by atoms with Crippen molar-refractivity contribution in [1.29, 1.82) is 0 Å². The largest absolute Gasteiger partial charge is 0.381 e. The van der Waals surface area contributed by atoms with Gasteiger partial charge in [0, 0.05) is 24.1 Å². The van der Waals surface area contributed by atoms with Gasteiger partial charge in [-0.25, -0.2) is 0 Å². The van der Waals surface area contributed by atoms with Crippen LogP contribution in [0.25, 0.3) is 0 Å². The number of likely N-dealkylation sites (N-methyl/N-ethyl adjacent to an activating group) is 1. The molecule has 3 nitrogen and oxygen atoms in total. The zero-order valence-corrected chi connectivity index (χ0v) is 14.4. The Labute approximate surface area is 126 Å². The van der Waals surface area contributed by atoms with E-state index in [1.807, 2.05) is 0 Å². The fourth-order valence-electron chi connectivity index (χ4n) is 4.10. The lowest BCUT2D eigenvalue weighted by Crippen LogP contribution is -2.63. The lowest BCUT2D eigenvalue weighted by molar-refractivity contribution is 0.0235. The Morgan fingerprint density at radius 2 is 1.80 bits per heavy atom. The van der Waals surface area contributed by atoms with E-state index in [-0.39, 0.29) is 5.54 Å². The van der Waals surface area contributed by atoms with Crippen LogP contribution in [0.4, 0.5) is 0 Å². The molecule has 1 aliphatic rings. The molecule has 0 aromatic heterocycles. The first-order valence-electron chi connectivity index (χ1n) is 8.76. The van der Waals surface area contributed by atoms with Gasteiger partial charge in [-0.15, -0.1) is 0 Å². The van der Waals surface area contributed by atoms with Crippen LogP contribution >= 0.6 is 0 Å². The molecular weight excluding hydrogens is 248 g/mol. The maximum atomic E-state index is 5.69. The predicted octanol–water partition coefficient (Wildman–Crippen LogP) is 3.29. The topological polar surface area (TPSA) is 24.5 Å². The molecule has 1 fully saturated rings. The maximum Gasteiger partial charge on any atom is 0.0510 e. The summed E-state index contributed by atoms with van der Waals surface area (Å²) in [6.45, 7) is 16.8. The molecule has 0 aromatic rings. The van der Waals surface area contributed by atoms with Crippen molar-refractivity contribution in [3.05, 3.63) is 0 Å². The van der Waals surface area contributed by atoms with Crippen LogP contribution in [-0.2, 0) is 4.74 Å². The maximum absolute atomic E-state index is 5.69. The molecule has 0 aliphatic carbocycles. The predicted molar refractivity (Wildman–Crippen MR) is 87.2 cm³/mol. The second kappa shape index (κ2) is 9.01. The Kier molecular flexibility index (Phi) is 8.08. The van der Waals surface area contributed by atoms with Gasteiger partial charge in [0.15, 0.2) is 0 Å². The highest BCUT2D eigenvalue weighted by molar-refractivity contribution is 5.02. The summed E-state index contributed by atoms with van der Waals surface area (Å²) in [7, 11) is 0. The molecule has 0 amide bonds. The molecule has 120 valence electrons. The number of nitrogens with one attached hydrogen (secondary N) is 1. The van der Waals surface area contributed by atoms with Crippen LogP contribution in [0.3, 0.4) is 0 Å². The Morgan fingerprint density at radius 1 is 1.15 bits per heavy atom. The molecule has 0 spiro atoms. The molecule has 0 saturated carbocycles. The van der Waals surface area contributed by atoms with Crippen LogP contribution in [0.5, 0.6) is 0 Å². The summed E-state index contributed by atoms with van der Waals surface area (Å²) in [6, 6.07) is 0.555. The van der Waals surface area contributed by atoms with Crippen LogP contribution in [0.15, 0.2) is 0 Å². The van der Waals surface area contributed by atoms with Gasteiger partial charge in [-0.3, -0.25) is 4.90 Å². The van der Waals surface area contributed by atoms with Gasteiger partial charge < -0.3 is 10.1 Å². The molecule has 1 aliphatic heterocycles. The third kappa shape index (κ3) is 3.75. The van der Waals surface area contributed by atoms with Crippen LogP contribution in [0.2, 0.25) is 0 Å².